The van der Waals surface area contributed by atoms with Gasteiger partial charge in [0, 0.05) is 6.21 Å². The summed E-state index contributed by atoms with van der Waals surface area (Å²) in [5, 5.41) is 9.65. The maximum atomic E-state index is 11.5. The fourth-order valence-corrected chi connectivity index (χ4v) is 1.29. The van der Waals surface area contributed by atoms with E-state index < -0.39 is 5.91 Å². The Bertz CT molecular complexity index is 602. The van der Waals surface area contributed by atoms with Gasteiger partial charge >= 0.3 is 5.91 Å². The molecule has 7 heteroatoms. The summed E-state index contributed by atoms with van der Waals surface area (Å²) >= 11 is 0. The van der Waals surface area contributed by atoms with Crippen LogP contribution in [-0.4, -0.2) is 27.3 Å². The number of nitrogen functional groups attached to an aromatic ring is 1. The molecule has 1 aromatic heterocycles. The minimum atomic E-state index is -0.506. The van der Waals surface area contributed by atoms with Crippen molar-refractivity contribution in [2.45, 2.75) is 0 Å². The zero-order valence-corrected chi connectivity index (χ0v) is 9.95. The topological polar surface area (TPSA) is 109 Å². The second-order valence-electron chi connectivity index (χ2n) is 3.53. The van der Waals surface area contributed by atoms with Gasteiger partial charge in [0.25, 0.3) is 0 Å². The van der Waals surface area contributed by atoms with Crippen LogP contribution in [0.5, 0.6) is 0 Å². The lowest BCUT2D eigenvalue weighted by Crippen LogP contribution is -2.18. The van der Waals surface area contributed by atoms with Gasteiger partial charge in [0.05, 0.1) is 0 Å². The molecular weight excluding hydrogens is 244 g/mol. The summed E-state index contributed by atoms with van der Waals surface area (Å²) in [7, 11) is 0. The lowest BCUT2D eigenvalue weighted by atomic mass is 10.2. The Labute approximate surface area is 109 Å². The number of allylic oxidation sites excluding steroid dienone is 1. The van der Waals surface area contributed by atoms with Crippen LogP contribution in [0.1, 0.15) is 16.2 Å². The molecule has 0 aliphatic carbocycles. The molecule has 2 rings (SSSR count). The van der Waals surface area contributed by atoms with Crippen LogP contribution < -0.4 is 11.2 Å². The Morgan fingerprint density at radius 2 is 2.16 bits per heavy atom. The van der Waals surface area contributed by atoms with E-state index in [1.54, 1.807) is 6.08 Å². The SMILES string of the molecule is Nc1n[nH]c(C(=O)NN=CC=Cc2ccccc2)n1. The number of hydrogen-bond acceptors (Lipinski definition) is 5. The van der Waals surface area contributed by atoms with Gasteiger partial charge in [-0.25, -0.2) is 5.43 Å². The van der Waals surface area contributed by atoms with Crippen molar-refractivity contribution in [1.82, 2.24) is 20.6 Å². The van der Waals surface area contributed by atoms with Crippen LogP contribution in [0.15, 0.2) is 41.5 Å². The van der Waals surface area contributed by atoms with Crippen LogP contribution in [-0.2, 0) is 0 Å². The molecule has 0 bridgehead atoms. The maximum Gasteiger partial charge on any atom is 0.308 e. The number of rotatable bonds is 4. The molecule has 2 aromatic rings. The van der Waals surface area contributed by atoms with Gasteiger partial charge in [-0.2, -0.15) is 10.1 Å². The van der Waals surface area contributed by atoms with E-state index in [-0.39, 0.29) is 11.8 Å². The number of amides is 1. The Kier molecular flexibility index (Phi) is 4.01. The summed E-state index contributed by atoms with van der Waals surface area (Å²) in [6.45, 7) is 0. The number of hydrogen-bond donors (Lipinski definition) is 3. The van der Waals surface area contributed by atoms with E-state index in [1.165, 1.54) is 6.21 Å². The van der Waals surface area contributed by atoms with E-state index in [0.717, 1.165) is 5.56 Å². The van der Waals surface area contributed by atoms with Crippen molar-refractivity contribution in [2.24, 2.45) is 5.10 Å². The highest BCUT2D eigenvalue weighted by Crippen LogP contribution is 1.99. The Balaban J connectivity index is 1.84. The molecule has 0 fully saturated rings. The summed E-state index contributed by atoms with van der Waals surface area (Å²) in [5.74, 6) is -0.478. The zero-order valence-electron chi connectivity index (χ0n) is 9.95. The van der Waals surface area contributed by atoms with Gasteiger partial charge in [-0.3, -0.25) is 9.89 Å². The van der Waals surface area contributed by atoms with Crippen molar-refractivity contribution in [3.05, 3.63) is 47.8 Å². The average Bonchev–Trinajstić information content (AvgIpc) is 2.86. The summed E-state index contributed by atoms with van der Waals surface area (Å²) < 4.78 is 0. The molecule has 0 saturated carbocycles. The zero-order chi connectivity index (χ0) is 13.5. The quantitative estimate of drug-likeness (QED) is 0.555. The largest absolute Gasteiger partial charge is 0.366 e. The van der Waals surface area contributed by atoms with Gasteiger partial charge < -0.3 is 5.73 Å². The van der Waals surface area contributed by atoms with Gasteiger partial charge in [-0.15, -0.1) is 5.10 Å². The molecule has 0 saturated heterocycles. The van der Waals surface area contributed by atoms with Crippen LogP contribution >= 0.6 is 0 Å². The molecule has 0 atom stereocenters. The monoisotopic (exact) mass is 256 g/mol. The fourth-order valence-electron chi connectivity index (χ4n) is 1.29. The molecule has 19 heavy (non-hydrogen) atoms. The molecule has 1 amide bonds. The molecule has 96 valence electrons. The van der Waals surface area contributed by atoms with Crippen LogP contribution in [0, 0.1) is 0 Å². The number of aromatic nitrogens is 3. The molecule has 0 radical (unpaired) electrons. The normalized spacial score (nSPS) is 11.2. The third-order valence-corrected chi connectivity index (χ3v) is 2.13. The first-order valence-electron chi connectivity index (χ1n) is 5.49. The second kappa shape index (κ2) is 6.10. The molecule has 1 heterocycles. The van der Waals surface area contributed by atoms with E-state index in [2.05, 4.69) is 25.7 Å². The molecule has 1 aromatic carbocycles. The minimum absolute atomic E-state index is 0.0121. The van der Waals surface area contributed by atoms with Gasteiger partial charge in [0.1, 0.15) is 0 Å². The smallest absolute Gasteiger partial charge is 0.308 e. The van der Waals surface area contributed by atoms with Gasteiger partial charge in [0.2, 0.25) is 11.8 Å². The van der Waals surface area contributed by atoms with Crippen LogP contribution in [0.3, 0.4) is 0 Å². The van der Waals surface area contributed by atoms with Crippen molar-refractivity contribution in [2.75, 3.05) is 5.73 Å². The molecule has 0 unspecified atom stereocenters. The third-order valence-electron chi connectivity index (χ3n) is 2.13. The maximum absolute atomic E-state index is 11.5. The van der Waals surface area contributed by atoms with E-state index in [9.17, 15) is 4.79 Å². The average molecular weight is 256 g/mol. The number of nitrogens with two attached hydrogens (primary N) is 1. The summed E-state index contributed by atoms with van der Waals surface area (Å²) in [4.78, 5) is 15.1. The van der Waals surface area contributed by atoms with Crippen LogP contribution in [0.2, 0.25) is 0 Å². The predicted molar refractivity (Wildman–Crippen MR) is 72.2 cm³/mol. The number of carbonyl (C=O) groups is 1. The Morgan fingerprint density at radius 1 is 1.37 bits per heavy atom. The molecule has 4 N–H and O–H groups in total. The number of hydrazone groups is 1. The molecule has 0 aliphatic heterocycles. The van der Waals surface area contributed by atoms with Crippen molar-refractivity contribution >= 4 is 24.1 Å². The summed E-state index contributed by atoms with van der Waals surface area (Å²) in [6.07, 6.45) is 5.04. The Hall–Kier alpha value is -2.96. The van der Waals surface area contributed by atoms with E-state index in [1.807, 2.05) is 36.4 Å². The Morgan fingerprint density at radius 3 is 2.84 bits per heavy atom. The highest BCUT2D eigenvalue weighted by atomic mass is 16.2. The van der Waals surface area contributed by atoms with Crippen LogP contribution in [0.25, 0.3) is 6.08 Å². The lowest BCUT2D eigenvalue weighted by molar-refractivity contribution is 0.0945. The highest BCUT2D eigenvalue weighted by Gasteiger charge is 2.08. The second-order valence-corrected chi connectivity index (χ2v) is 3.53. The number of aromatic amines is 1. The van der Waals surface area contributed by atoms with E-state index in [0.29, 0.717) is 0 Å². The predicted octanol–water partition coefficient (Wildman–Crippen LogP) is 0.816. The molecular formula is C12H12N6O. The van der Waals surface area contributed by atoms with Crippen molar-refractivity contribution in [3.8, 4) is 0 Å². The van der Waals surface area contributed by atoms with Crippen molar-refractivity contribution < 1.29 is 4.79 Å². The first-order valence-corrected chi connectivity index (χ1v) is 5.49. The highest BCUT2D eigenvalue weighted by molar-refractivity contribution is 5.91. The minimum Gasteiger partial charge on any atom is -0.366 e. The van der Waals surface area contributed by atoms with Crippen molar-refractivity contribution in [1.29, 1.82) is 0 Å². The van der Waals surface area contributed by atoms with Gasteiger partial charge in [-0.05, 0) is 11.6 Å². The number of H-pyrrole nitrogens is 1. The van der Waals surface area contributed by atoms with E-state index >= 15 is 0 Å². The standard InChI is InChI=1S/C12H12N6O/c13-12-15-10(16-18-12)11(19)17-14-8-4-7-9-5-2-1-3-6-9/h1-8H,(H,17,19)(H3,13,15,16,18). The lowest BCUT2D eigenvalue weighted by Gasteiger charge is -1.92. The number of anilines is 1. The third kappa shape index (κ3) is 3.77. The number of benzene rings is 1. The fraction of sp³-hybridized carbons (Fsp3) is 0. The first-order chi connectivity index (χ1) is 9.25. The van der Waals surface area contributed by atoms with Gasteiger partial charge in [-0.1, -0.05) is 36.4 Å². The molecule has 0 aliphatic rings. The summed E-state index contributed by atoms with van der Waals surface area (Å²) in [5.41, 5.74) is 8.61. The summed E-state index contributed by atoms with van der Waals surface area (Å²) in [6, 6.07) is 9.73. The number of nitrogens with zero attached hydrogens (tertiary/aromatic N) is 3. The van der Waals surface area contributed by atoms with Crippen molar-refractivity contribution in [3.63, 3.8) is 0 Å². The van der Waals surface area contributed by atoms with Gasteiger partial charge in [0.15, 0.2) is 0 Å². The van der Waals surface area contributed by atoms with Crippen LogP contribution in [0.4, 0.5) is 5.95 Å². The number of nitrogens with one attached hydrogen (secondary N) is 2. The number of carbonyl (C=O) groups excluding carboxylic acids is 1. The first kappa shape index (κ1) is 12.5. The molecule has 7 nitrogen and oxygen atoms in total. The van der Waals surface area contributed by atoms with E-state index in [4.69, 9.17) is 5.73 Å². The molecule has 0 spiro atoms.